The summed E-state index contributed by atoms with van der Waals surface area (Å²) in [6, 6.07) is -0.701. The van der Waals surface area contributed by atoms with Crippen LogP contribution in [-0.4, -0.2) is 35.5 Å². The minimum Gasteiger partial charge on any atom is -0.368 e. The van der Waals surface area contributed by atoms with E-state index in [0.717, 1.165) is 0 Å². The van der Waals surface area contributed by atoms with Crippen LogP contribution in [0.4, 0.5) is 13.2 Å². The highest BCUT2D eigenvalue weighted by Crippen LogP contribution is 2.30. The molecule has 0 aromatic heterocycles. The molecule has 0 spiro atoms. The van der Waals surface area contributed by atoms with E-state index < -0.39 is 24.5 Å². The first kappa shape index (κ1) is 14.8. The first-order valence-corrected chi connectivity index (χ1v) is 5.90. The fourth-order valence-electron chi connectivity index (χ4n) is 2.25. The number of nitrogens with two attached hydrogens (primary N) is 1. The number of primary amides is 1. The predicted molar refractivity (Wildman–Crippen MR) is 58.4 cm³/mol. The number of rotatable bonds is 5. The summed E-state index contributed by atoms with van der Waals surface area (Å²) in [5.74, 6) is -1.23. The molecule has 7 heteroatoms. The van der Waals surface area contributed by atoms with Gasteiger partial charge in [0.05, 0.1) is 0 Å². The zero-order valence-corrected chi connectivity index (χ0v) is 10.2. The van der Waals surface area contributed by atoms with Crippen molar-refractivity contribution in [1.82, 2.24) is 4.90 Å². The summed E-state index contributed by atoms with van der Waals surface area (Å²) in [7, 11) is 0. The van der Waals surface area contributed by atoms with Gasteiger partial charge in [-0.15, -0.1) is 0 Å². The Kier molecular flexibility index (Phi) is 4.59. The lowest BCUT2D eigenvalue weighted by Gasteiger charge is -2.24. The number of likely N-dealkylation sites (tertiary alicyclic amines) is 1. The van der Waals surface area contributed by atoms with E-state index in [-0.39, 0.29) is 31.2 Å². The van der Waals surface area contributed by atoms with Crippen LogP contribution in [0.15, 0.2) is 0 Å². The number of nitrogens with zero attached hydrogens (tertiary/aromatic N) is 1. The molecule has 1 rings (SSSR count). The van der Waals surface area contributed by atoms with Gasteiger partial charge in [0.2, 0.25) is 11.8 Å². The highest BCUT2D eigenvalue weighted by atomic mass is 19.4. The van der Waals surface area contributed by atoms with Crippen LogP contribution in [0.25, 0.3) is 0 Å². The summed E-state index contributed by atoms with van der Waals surface area (Å²) < 4.78 is 36.3. The monoisotopic (exact) mass is 266 g/mol. The van der Waals surface area contributed by atoms with Gasteiger partial charge in [-0.1, -0.05) is 6.92 Å². The maximum atomic E-state index is 12.1. The van der Waals surface area contributed by atoms with Gasteiger partial charge in [-0.25, -0.2) is 0 Å². The summed E-state index contributed by atoms with van der Waals surface area (Å²) in [4.78, 5) is 24.1. The third kappa shape index (κ3) is 3.89. The molecule has 1 saturated heterocycles. The van der Waals surface area contributed by atoms with Crippen molar-refractivity contribution in [2.45, 2.75) is 44.8 Å². The van der Waals surface area contributed by atoms with Gasteiger partial charge in [-0.05, 0) is 18.8 Å². The normalized spacial score (nSPS) is 22.3. The van der Waals surface area contributed by atoms with E-state index in [9.17, 15) is 22.8 Å². The van der Waals surface area contributed by atoms with Crippen molar-refractivity contribution in [3.8, 4) is 0 Å². The summed E-state index contributed by atoms with van der Waals surface area (Å²) in [6.45, 7) is 1.90. The Morgan fingerprint density at radius 1 is 1.56 bits per heavy atom. The number of hydrogen-bond donors (Lipinski definition) is 1. The number of hydrogen-bond acceptors (Lipinski definition) is 2. The van der Waals surface area contributed by atoms with Gasteiger partial charge in [0.15, 0.2) is 0 Å². The van der Waals surface area contributed by atoms with Crippen LogP contribution < -0.4 is 5.73 Å². The van der Waals surface area contributed by atoms with E-state index in [1.54, 1.807) is 6.92 Å². The highest BCUT2D eigenvalue weighted by Gasteiger charge is 2.37. The lowest BCUT2D eigenvalue weighted by atomic mass is 10.0. The van der Waals surface area contributed by atoms with Gasteiger partial charge in [-0.3, -0.25) is 9.59 Å². The fourth-order valence-corrected chi connectivity index (χ4v) is 2.25. The molecule has 1 fully saturated rings. The average Bonchev–Trinajstić information content (AvgIpc) is 2.57. The molecular weight excluding hydrogens is 249 g/mol. The Morgan fingerprint density at radius 3 is 2.61 bits per heavy atom. The molecular formula is C11H17F3N2O2. The first-order chi connectivity index (χ1) is 8.24. The van der Waals surface area contributed by atoms with Crippen LogP contribution in [0.1, 0.15) is 32.6 Å². The van der Waals surface area contributed by atoms with Crippen molar-refractivity contribution in [3.05, 3.63) is 0 Å². The van der Waals surface area contributed by atoms with Gasteiger partial charge < -0.3 is 10.6 Å². The molecule has 2 N–H and O–H groups in total. The third-order valence-electron chi connectivity index (χ3n) is 3.17. The molecule has 1 unspecified atom stereocenters. The molecule has 2 atom stereocenters. The van der Waals surface area contributed by atoms with Crippen molar-refractivity contribution in [1.29, 1.82) is 0 Å². The lowest BCUT2D eigenvalue weighted by Crippen LogP contribution is -2.45. The van der Waals surface area contributed by atoms with E-state index in [1.807, 2.05) is 0 Å². The number of alkyl halides is 3. The van der Waals surface area contributed by atoms with E-state index in [0.29, 0.717) is 6.42 Å². The summed E-state index contributed by atoms with van der Waals surface area (Å²) in [6.07, 6.45) is -4.73. The molecule has 0 bridgehead atoms. The number of carbonyl (C=O) groups excluding carboxylic acids is 2. The third-order valence-corrected chi connectivity index (χ3v) is 3.17. The van der Waals surface area contributed by atoms with Crippen LogP contribution in [-0.2, 0) is 9.59 Å². The minimum absolute atomic E-state index is 0.0693. The van der Waals surface area contributed by atoms with Crippen molar-refractivity contribution in [3.63, 3.8) is 0 Å². The maximum absolute atomic E-state index is 12.1. The molecule has 0 aliphatic carbocycles. The second-order valence-corrected chi connectivity index (χ2v) is 4.60. The Hall–Kier alpha value is -1.27. The predicted octanol–water partition coefficient (Wildman–Crippen LogP) is 1.44. The number of carbonyl (C=O) groups is 2. The van der Waals surface area contributed by atoms with Crippen molar-refractivity contribution >= 4 is 11.8 Å². The van der Waals surface area contributed by atoms with Gasteiger partial charge in [0, 0.05) is 19.4 Å². The number of amides is 2. The van der Waals surface area contributed by atoms with Gasteiger partial charge in [-0.2, -0.15) is 13.2 Å². The molecule has 0 radical (unpaired) electrons. The van der Waals surface area contributed by atoms with E-state index in [2.05, 4.69) is 0 Å². The Labute approximate surface area is 103 Å². The van der Waals surface area contributed by atoms with E-state index in [4.69, 9.17) is 5.73 Å². The van der Waals surface area contributed by atoms with Crippen LogP contribution in [0.5, 0.6) is 0 Å². The van der Waals surface area contributed by atoms with Crippen LogP contribution >= 0.6 is 0 Å². The molecule has 2 amide bonds. The second kappa shape index (κ2) is 5.58. The fraction of sp³-hybridized carbons (Fsp3) is 0.818. The highest BCUT2D eigenvalue weighted by molar-refractivity contribution is 5.87. The molecule has 1 heterocycles. The Balaban J connectivity index is 2.56. The largest absolute Gasteiger partial charge is 0.389 e. The van der Waals surface area contributed by atoms with Crippen LogP contribution in [0.3, 0.4) is 0 Å². The molecule has 0 saturated carbocycles. The standard InChI is InChI=1S/C11H17F3N2O2/c1-2-8(10(15)18)16-6-7(5-9(16)17)3-4-11(12,13)14/h7-8H,2-6H2,1H3,(H2,15,18)/t7?,8-/m1/s1. The molecule has 104 valence electrons. The first-order valence-electron chi connectivity index (χ1n) is 5.90. The topological polar surface area (TPSA) is 63.4 Å². The molecule has 1 aliphatic heterocycles. The van der Waals surface area contributed by atoms with Crippen molar-refractivity contribution < 1.29 is 22.8 Å². The van der Waals surface area contributed by atoms with Gasteiger partial charge in [0.1, 0.15) is 6.04 Å². The van der Waals surface area contributed by atoms with E-state index in [1.165, 1.54) is 4.90 Å². The molecule has 0 aromatic carbocycles. The smallest absolute Gasteiger partial charge is 0.368 e. The number of halogens is 3. The van der Waals surface area contributed by atoms with Gasteiger partial charge >= 0.3 is 6.18 Å². The van der Waals surface area contributed by atoms with Crippen molar-refractivity contribution in [2.75, 3.05) is 6.54 Å². The Bertz CT molecular complexity index is 331. The van der Waals surface area contributed by atoms with Gasteiger partial charge in [0.25, 0.3) is 0 Å². The summed E-state index contributed by atoms with van der Waals surface area (Å²) >= 11 is 0. The lowest BCUT2D eigenvalue weighted by molar-refractivity contribution is -0.137. The SMILES string of the molecule is CC[C@H](C(N)=O)N1CC(CCC(F)(F)F)CC1=O. The van der Waals surface area contributed by atoms with Crippen molar-refractivity contribution in [2.24, 2.45) is 11.7 Å². The molecule has 0 aromatic rings. The molecule has 18 heavy (non-hydrogen) atoms. The molecule has 4 nitrogen and oxygen atoms in total. The van der Waals surface area contributed by atoms with E-state index >= 15 is 0 Å². The summed E-state index contributed by atoms with van der Waals surface area (Å²) in [5.41, 5.74) is 5.17. The van der Waals surface area contributed by atoms with Crippen LogP contribution in [0, 0.1) is 5.92 Å². The van der Waals surface area contributed by atoms with Crippen LogP contribution in [0.2, 0.25) is 0 Å². The maximum Gasteiger partial charge on any atom is 0.389 e. The quantitative estimate of drug-likeness (QED) is 0.818. The summed E-state index contributed by atoms with van der Waals surface area (Å²) in [5, 5.41) is 0. The second-order valence-electron chi connectivity index (χ2n) is 4.60. The zero-order chi connectivity index (χ0) is 13.9. The minimum atomic E-state index is -4.20. The molecule has 1 aliphatic rings. The Morgan fingerprint density at radius 2 is 2.17 bits per heavy atom. The average molecular weight is 266 g/mol. The zero-order valence-electron chi connectivity index (χ0n) is 10.2.